The molecule has 8 heteroatoms. The lowest BCUT2D eigenvalue weighted by molar-refractivity contribution is -0.146. The number of hydrogen-bond donors (Lipinski definition) is 1. The van der Waals surface area contributed by atoms with Crippen LogP contribution in [0.2, 0.25) is 0 Å². The summed E-state index contributed by atoms with van der Waals surface area (Å²) in [5.41, 5.74) is 5.30. The number of esters is 1. The summed E-state index contributed by atoms with van der Waals surface area (Å²) in [7, 11) is 1.59. The van der Waals surface area contributed by atoms with Crippen molar-refractivity contribution in [1.82, 2.24) is 14.8 Å². The molecule has 1 heterocycles. The third-order valence-corrected chi connectivity index (χ3v) is 1.77. The van der Waals surface area contributed by atoms with E-state index in [1.165, 1.54) is 11.0 Å². The fourth-order valence-corrected chi connectivity index (χ4v) is 1.02. The van der Waals surface area contributed by atoms with Crippen molar-refractivity contribution in [2.45, 2.75) is 6.54 Å². The molecular formula is C9H16N4O4. The normalized spacial score (nSPS) is 10.4. The molecule has 8 nitrogen and oxygen atoms in total. The first-order valence-corrected chi connectivity index (χ1v) is 5.09. The monoisotopic (exact) mass is 244 g/mol. The molecule has 0 bridgehead atoms. The van der Waals surface area contributed by atoms with Crippen molar-refractivity contribution in [3.63, 3.8) is 0 Å². The highest BCUT2D eigenvalue weighted by atomic mass is 16.6. The molecule has 0 aliphatic rings. The molecule has 1 rings (SSSR count). The summed E-state index contributed by atoms with van der Waals surface area (Å²) in [6.45, 7) is 1.53. The van der Waals surface area contributed by atoms with E-state index in [1.54, 1.807) is 7.11 Å². The summed E-state index contributed by atoms with van der Waals surface area (Å²) in [6, 6.07) is 0. The van der Waals surface area contributed by atoms with E-state index in [9.17, 15) is 4.79 Å². The Morgan fingerprint density at radius 2 is 2.18 bits per heavy atom. The second-order valence-corrected chi connectivity index (χ2v) is 3.13. The second kappa shape index (κ2) is 7.58. The third-order valence-electron chi connectivity index (χ3n) is 1.77. The smallest absolute Gasteiger partial charge is 0.327 e. The van der Waals surface area contributed by atoms with Crippen LogP contribution in [0.15, 0.2) is 6.33 Å². The van der Waals surface area contributed by atoms with E-state index in [2.05, 4.69) is 10.1 Å². The van der Waals surface area contributed by atoms with Crippen LogP contribution in [0.25, 0.3) is 0 Å². The van der Waals surface area contributed by atoms with Gasteiger partial charge in [-0.1, -0.05) is 0 Å². The first kappa shape index (κ1) is 13.4. The van der Waals surface area contributed by atoms with Crippen LogP contribution in [0.3, 0.4) is 0 Å². The SMILES string of the molecule is COCCOCCOC(=O)Cn1cnc(N)n1. The van der Waals surface area contributed by atoms with Crippen LogP contribution in [-0.4, -0.2) is 54.3 Å². The molecule has 2 N–H and O–H groups in total. The standard InChI is InChI=1S/C9H16N4O4/c1-15-2-3-16-4-5-17-8(14)6-13-7-11-9(10)12-13/h7H,2-6H2,1H3,(H2,10,12). The Hall–Kier alpha value is -1.67. The lowest BCUT2D eigenvalue weighted by atomic mass is 10.6. The van der Waals surface area contributed by atoms with E-state index in [0.29, 0.717) is 19.8 Å². The lowest BCUT2D eigenvalue weighted by Gasteiger charge is -2.05. The van der Waals surface area contributed by atoms with Gasteiger partial charge >= 0.3 is 5.97 Å². The molecule has 0 atom stereocenters. The molecular weight excluding hydrogens is 228 g/mol. The summed E-state index contributed by atoms with van der Waals surface area (Å²) < 4.78 is 16.1. The fourth-order valence-electron chi connectivity index (χ4n) is 1.02. The Morgan fingerprint density at radius 3 is 2.82 bits per heavy atom. The molecule has 96 valence electrons. The minimum absolute atomic E-state index is 0.0116. The van der Waals surface area contributed by atoms with Crippen molar-refractivity contribution < 1.29 is 19.0 Å². The summed E-state index contributed by atoms with van der Waals surface area (Å²) >= 11 is 0. The van der Waals surface area contributed by atoms with E-state index in [4.69, 9.17) is 19.9 Å². The molecule has 0 spiro atoms. The Kier molecular flexibility index (Phi) is 5.97. The predicted octanol–water partition coefficient (Wildman–Crippen LogP) is -0.933. The van der Waals surface area contributed by atoms with Crippen molar-refractivity contribution in [2.24, 2.45) is 0 Å². The van der Waals surface area contributed by atoms with Gasteiger partial charge in [0.05, 0.1) is 19.8 Å². The summed E-state index contributed by atoms with van der Waals surface area (Å²) in [6.07, 6.45) is 1.37. The number of aromatic nitrogens is 3. The van der Waals surface area contributed by atoms with Gasteiger partial charge in [0.1, 0.15) is 19.5 Å². The quantitative estimate of drug-likeness (QED) is 0.465. The number of ether oxygens (including phenoxy) is 3. The van der Waals surface area contributed by atoms with Crippen molar-refractivity contribution in [3.8, 4) is 0 Å². The van der Waals surface area contributed by atoms with Crippen molar-refractivity contribution in [2.75, 3.05) is 39.3 Å². The Labute approximate surface area is 98.7 Å². The first-order chi connectivity index (χ1) is 8.22. The number of nitrogens with zero attached hydrogens (tertiary/aromatic N) is 3. The van der Waals surface area contributed by atoms with Gasteiger partial charge in [0.25, 0.3) is 0 Å². The van der Waals surface area contributed by atoms with Gasteiger partial charge in [0.2, 0.25) is 5.95 Å². The van der Waals surface area contributed by atoms with Crippen LogP contribution in [0, 0.1) is 0 Å². The van der Waals surface area contributed by atoms with Gasteiger partial charge in [-0.25, -0.2) is 9.67 Å². The zero-order valence-electron chi connectivity index (χ0n) is 9.66. The van der Waals surface area contributed by atoms with Crippen LogP contribution >= 0.6 is 0 Å². The van der Waals surface area contributed by atoms with E-state index >= 15 is 0 Å². The highest BCUT2D eigenvalue weighted by molar-refractivity contribution is 5.68. The van der Waals surface area contributed by atoms with E-state index in [1.807, 2.05) is 0 Å². The number of methoxy groups -OCH3 is 1. The minimum Gasteiger partial charge on any atom is -0.462 e. The summed E-state index contributed by atoms with van der Waals surface area (Å²) in [5.74, 6) is -0.286. The molecule has 0 fully saturated rings. The highest BCUT2D eigenvalue weighted by Crippen LogP contribution is 1.91. The van der Waals surface area contributed by atoms with Gasteiger partial charge in [-0.15, -0.1) is 5.10 Å². The Bertz CT molecular complexity index is 341. The topological polar surface area (TPSA) is 101 Å². The molecule has 0 aromatic carbocycles. The number of carbonyl (C=O) groups excluding carboxylic acids is 1. The van der Waals surface area contributed by atoms with Crippen molar-refractivity contribution in [3.05, 3.63) is 6.33 Å². The van der Waals surface area contributed by atoms with Crippen LogP contribution in [0.4, 0.5) is 5.95 Å². The third kappa shape index (κ3) is 5.83. The average Bonchev–Trinajstić information content (AvgIpc) is 2.69. The number of nitrogen functional groups attached to an aromatic ring is 1. The molecule has 0 amide bonds. The first-order valence-electron chi connectivity index (χ1n) is 5.09. The van der Waals surface area contributed by atoms with Crippen LogP contribution < -0.4 is 5.73 Å². The molecule has 17 heavy (non-hydrogen) atoms. The maximum absolute atomic E-state index is 11.3. The zero-order chi connectivity index (χ0) is 12.5. The number of nitrogens with two attached hydrogens (primary N) is 1. The van der Waals surface area contributed by atoms with Crippen molar-refractivity contribution in [1.29, 1.82) is 0 Å². The lowest BCUT2D eigenvalue weighted by Crippen LogP contribution is -2.17. The molecule has 0 aliphatic heterocycles. The van der Waals surface area contributed by atoms with Crippen LogP contribution in [0.1, 0.15) is 0 Å². The number of hydrogen-bond acceptors (Lipinski definition) is 7. The zero-order valence-corrected chi connectivity index (χ0v) is 9.66. The Morgan fingerprint density at radius 1 is 1.41 bits per heavy atom. The van der Waals surface area contributed by atoms with Gasteiger partial charge in [-0.05, 0) is 0 Å². The molecule has 0 unspecified atom stereocenters. The maximum Gasteiger partial charge on any atom is 0.327 e. The largest absolute Gasteiger partial charge is 0.462 e. The fraction of sp³-hybridized carbons (Fsp3) is 0.667. The van der Waals surface area contributed by atoms with Gasteiger partial charge in [0, 0.05) is 7.11 Å². The van der Waals surface area contributed by atoms with Crippen molar-refractivity contribution >= 4 is 11.9 Å². The van der Waals surface area contributed by atoms with E-state index in [0.717, 1.165) is 0 Å². The van der Waals surface area contributed by atoms with E-state index < -0.39 is 5.97 Å². The van der Waals surface area contributed by atoms with Gasteiger partial charge in [-0.3, -0.25) is 4.79 Å². The minimum atomic E-state index is -0.412. The van der Waals surface area contributed by atoms with Gasteiger partial charge < -0.3 is 19.9 Å². The average molecular weight is 244 g/mol. The molecule has 0 radical (unpaired) electrons. The van der Waals surface area contributed by atoms with Gasteiger partial charge in [-0.2, -0.15) is 0 Å². The van der Waals surface area contributed by atoms with Crippen LogP contribution in [0.5, 0.6) is 0 Å². The molecule has 1 aromatic heterocycles. The maximum atomic E-state index is 11.3. The second-order valence-electron chi connectivity index (χ2n) is 3.13. The predicted molar refractivity (Wildman–Crippen MR) is 58.1 cm³/mol. The van der Waals surface area contributed by atoms with E-state index in [-0.39, 0.29) is 19.1 Å². The number of rotatable bonds is 8. The molecule has 0 aliphatic carbocycles. The number of carbonyl (C=O) groups is 1. The number of anilines is 1. The summed E-state index contributed by atoms with van der Waals surface area (Å²) in [4.78, 5) is 15.0. The Balaban J connectivity index is 2.05. The summed E-state index contributed by atoms with van der Waals surface area (Å²) in [5, 5.41) is 3.75. The molecule has 0 saturated carbocycles. The van der Waals surface area contributed by atoms with Crippen LogP contribution in [-0.2, 0) is 25.5 Å². The molecule has 0 saturated heterocycles. The molecule has 1 aromatic rings. The van der Waals surface area contributed by atoms with Gasteiger partial charge in [0.15, 0.2) is 0 Å². The highest BCUT2D eigenvalue weighted by Gasteiger charge is 2.05.